The minimum atomic E-state index is -3.94. The Bertz CT molecular complexity index is 390. The van der Waals surface area contributed by atoms with Gasteiger partial charge in [0.2, 0.25) is 5.78 Å². The Hall–Kier alpha value is -1.76. The number of nitrogens with zero attached hydrogens (tertiary/aromatic N) is 1. The van der Waals surface area contributed by atoms with E-state index < -0.39 is 11.7 Å². The first-order valence-electron chi connectivity index (χ1n) is 3.88. The third kappa shape index (κ3) is 1.94. The predicted molar refractivity (Wildman–Crippen MR) is 46.1 cm³/mol. The molecule has 1 aromatic carbocycles. The summed E-state index contributed by atoms with van der Waals surface area (Å²) in [6, 6.07) is 6.32. The molecule has 0 fully saturated rings. The second-order valence-corrected chi connectivity index (χ2v) is 2.88. The second-order valence-electron chi connectivity index (χ2n) is 2.88. The first kappa shape index (κ1) is 10.3. The van der Waals surface area contributed by atoms with E-state index in [-0.39, 0.29) is 5.56 Å². The first-order chi connectivity index (χ1) is 6.47. The van der Waals surface area contributed by atoms with Crippen molar-refractivity contribution in [2.45, 2.75) is 12.8 Å². The quantitative estimate of drug-likeness (QED) is 0.679. The Morgan fingerprint density at radius 2 is 1.86 bits per heavy atom. The molecule has 4 heteroatoms. The van der Waals surface area contributed by atoms with E-state index in [0.717, 1.165) is 5.56 Å². The molecule has 0 spiro atoms. The normalized spacial score (nSPS) is 10.7. The van der Waals surface area contributed by atoms with Gasteiger partial charge in [-0.15, -0.1) is 0 Å². The molecule has 0 unspecified atom stereocenters. The zero-order chi connectivity index (χ0) is 10.8. The van der Waals surface area contributed by atoms with Crippen LogP contribution in [0.4, 0.5) is 8.78 Å². The fourth-order valence-corrected chi connectivity index (χ4v) is 0.937. The van der Waals surface area contributed by atoms with E-state index in [1.165, 1.54) is 12.1 Å². The molecule has 1 aromatic rings. The summed E-state index contributed by atoms with van der Waals surface area (Å²) in [6.07, 6.45) is 0. The van der Waals surface area contributed by atoms with Gasteiger partial charge in [-0.3, -0.25) is 4.79 Å². The lowest BCUT2D eigenvalue weighted by atomic mass is 10.1. The molecule has 0 aliphatic heterocycles. The van der Waals surface area contributed by atoms with Crippen molar-refractivity contribution in [3.05, 3.63) is 35.4 Å². The highest BCUT2D eigenvalue weighted by Crippen LogP contribution is 2.19. The van der Waals surface area contributed by atoms with E-state index in [4.69, 9.17) is 5.26 Å². The van der Waals surface area contributed by atoms with Gasteiger partial charge in [-0.05, 0) is 6.92 Å². The van der Waals surface area contributed by atoms with Gasteiger partial charge in [-0.25, -0.2) is 0 Å². The molecule has 0 aromatic heterocycles. The van der Waals surface area contributed by atoms with Gasteiger partial charge in [0, 0.05) is 5.56 Å². The number of aryl methyl sites for hydroxylation is 1. The molecule has 0 bridgehead atoms. The third-order valence-electron chi connectivity index (χ3n) is 1.74. The molecule has 0 aliphatic rings. The summed E-state index contributed by atoms with van der Waals surface area (Å²) in [5, 5.41) is 8.06. The molecule has 0 amide bonds. The van der Waals surface area contributed by atoms with Gasteiger partial charge in [0.25, 0.3) is 0 Å². The van der Waals surface area contributed by atoms with E-state index in [0.29, 0.717) is 6.07 Å². The summed E-state index contributed by atoms with van der Waals surface area (Å²) in [5.41, 5.74) is 0.712. The van der Waals surface area contributed by atoms with Crippen LogP contribution in [0.2, 0.25) is 0 Å². The minimum Gasteiger partial charge on any atom is -0.286 e. The van der Waals surface area contributed by atoms with Crippen LogP contribution in [-0.4, -0.2) is 11.7 Å². The number of nitriles is 1. The van der Waals surface area contributed by atoms with Crippen LogP contribution in [0.1, 0.15) is 15.9 Å². The Kier molecular flexibility index (Phi) is 2.61. The highest BCUT2D eigenvalue weighted by molar-refractivity contribution is 6.03. The van der Waals surface area contributed by atoms with Crippen LogP contribution in [0.5, 0.6) is 0 Å². The second kappa shape index (κ2) is 3.54. The van der Waals surface area contributed by atoms with Crippen LogP contribution >= 0.6 is 0 Å². The fourth-order valence-electron chi connectivity index (χ4n) is 0.937. The van der Waals surface area contributed by atoms with Crippen molar-refractivity contribution >= 4 is 5.78 Å². The number of ketones is 1. The fraction of sp³-hybridized carbons (Fsp3) is 0.200. The van der Waals surface area contributed by atoms with E-state index in [1.54, 1.807) is 19.1 Å². The minimum absolute atomic E-state index is 0.151. The Morgan fingerprint density at radius 3 is 2.29 bits per heavy atom. The molecule has 2 nitrogen and oxygen atoms in total. The third-order valence-corrected chi connectivity index (χ3v) is 1.74. The van der Waals surface area contributed by atoms with Gasteiger partial charge < -0.3 is 0 Å². The Labute approximate surface area is 79.8 Å². The number of hydrogen-bond acceptors (Lipinski definition) is 2. The van der Waals surface area contributed by atoms with E-state index >= 15 is 0 Å². The molecular formula is C10H7F2NO. The van der Waals surface area contributed by atoms with Crippen LogP contribution < -0.4 is 0 Å². The number of rotatable bonds is 2. The summed E-state index contributed by atoms with van der Waals surface area (Å²) < 4.78 is 25.2. The van der Waals surface area contributed by atoms with Crippen LogP contribution in [0, 0.1) is 18.3 Å². The van der Waals surface area contributed by atoms with Gasteiger partial charge in [-0.2, -0.15) is 14.0 Å². The number of Topliss-reactive ketones (excluding diaryl/α,β-unsaturated/α-hetero) is 1. The topological polar surface area (TPSA) is 40.9 Å². The number of halogens is 2. The van der Waals surface area contributed by atoms with Crippen molar-refractivity contribution in [2.75, 3.05) is 0 Å². The van der Waals surface area contributed by atoms with Crippen molar-refractivity contribution in [1.29, 1.82) is 5.26 Å². The summed E-state index contributed by atoms with van der Waals surface area (Å²) in [7, 11) is 0. The van der Waals surface area contributed by atoms with Gasteiger partial charge in [-0.1, -0.05) is 29.8 Å². The van der Waals surface area contributed by atoms with E-state index in [1.807, 2.05) is 0 Å². The maximum Gasteiger partial charge on any atom is 0.393 e. The van der Waals surface area contributed by atoms with Crippen LogP contribution in [0.3, 0.4) is 0 Å². The van der Waals surface area contributed by atoms with Crippen LogP contribution in [0.15, 0.2) is 24.3 Å². The van der Waals surface area contributed by atoms with Gasteiger partial charge in [0.05, 0.1) is 0 Å². The molecule has 0 saturated heterocycles. The van der Waals surface area contributed by atoms with Gasteiger partial charge in [0.15, 0.2) is 0 Å². The molecular weight excluding hydrogens is 188 g/mol. The number of alkyl halides is 2. The molecule has 72 valence electrons. The number of hydrogen-bond donors (Lipinski definition) is 0. The lowest BCUT2D eigenvalue weighted by Gasteiger charge is -2.05. The summed E-state index contributed by atoms with van der Waals surface area (Å²) in [6.45, 7) is 1.77. The lowest BCUT2D eigenvalue weighted by molar-refractivity contribution is 0.0418. The van der Waals surface area contributed by atoms with Crippen molar-refractivity contribution in [3.63, 3.8) is 0 Å². The highest BCUT2D eigenvalue weighted by atomic mass is 19.3. The standard InChI is InChI=1S/C10H7F2NO/c1-7-2-4-8(5-3-7)9(14)10(11,12)6-13/h2-5H,1H3. The molecule has 14 heavy (non-hydrogen) atoms. The largest absolute Gasteiger partial charge is 0.393 e. The molecule has 0 heterocycles. The average molecular weight is 195 g/mol. The molecule has 0 saturated carbocycles. The summed E-state index contributed by atoms with van der Waals surface area (Å²) >= 11 is 0. The Morgan fingerprint density at radius 1 is 1.36 bits per heavy atom. The lowest BCUT2D eigenvalue weighted by Crippen LogP contribution is -2.26. The number of benzene rings is 1. The van der Waals surface area contributed by atoms with Gasteiger partial charge in [0.1, 0.15) is 6.07 Å². The maximum absolute atomic E-state index is 12.6. The monoisotopic (exact) mass is 195 g/mol. The number of carbonyl (C=O) groups is 1. The molecule has 0 atom stereocenters. The zero-order valence-electron chi connectivity index (χ0n) is 7.42. The van der Waals surface area contributed by atoms with Crippen LogP contribution in [-0.2, 0) is 0 Å². The molecule has 0 N–H and O–H groups in total. The van der Waals surface area contributed by atoms with Crippen molar-refractivity contribution in [2.24, 2.45) is 0 Å². The number of carbonyl (C=O) groups excluding carboxylic acids is 1. The maximum atomic E-state index is 12.6. The predicted octanol–water partition coefficient (Wildman–Crippen LogP) is 2.34. The van der Waals surface area contributed by atoms with Crippen LogP contribution in [0.25, 0.3) is 0 Å². The molecule has 1 rings (SSSR count). The SMILES string of the molecule is Cc1ccc(C(=O)C(F)(F)C#N)cc1. The van der Waals surface area contributed by atoms with Gasteiger partial charge >= 0.3 is 5.92 Å². The Balaban J connectivity index is 3.03. The van der Waals surface area contributed by atoms with Crippen molar-refractivity contribution in [1.82, 2.24) is 0 Å². The molecule has 0 aliphatic carbocycles. The molecule has 0 radical (unpaired) electrons. The average Bonchev–Trinajstić information content (AvgIpc) is 2.18. The summed E-state index contributed by atoms with van der Waals surface area (Å²) in [4.78, 5) is 11.0. The highest BCUT2D eigenvalue weighted by Gasteiger charge is 2.39. The smallest absolute Gasteiger partial charge is 0.286 e. The van der Waals surface area contributed by atoms with Crippen molar-refractivity contribution in [3.8, 4) is 6.07 Å². The zero-order valence-corrected chi connectivity index (χ0v) is 7.42. The first-order valence-corrected chi connectivity index (χ1v) is 3.88. The summed E-state index contributed by atoms with van der Waals surface area (Å²) in [5.74, 6) is -5.39. The van der Waals surface area contributed by atoms with E-state index in [2.05, 4.69) is 0 Å². The van der Waals surface area contributed by atoms with Crippen molar-refractivity contribution < 1.29 is 13.6 Å². The van der Waals surface area contributed by atoms with E-state index in [9.17, 15) is 13.6 Å².